The summed E-state index contributed by atoms with van der Waals surface area (Å²) in [5, 5.41) is 6.67. The first-order valence-electron chi connectivity index (χ1n) is 10.1. The van der Waals surface area contributed by atoms with Crippen molar-refractivity contribution < 1.29 is 4.79 Å². The van der Waals surface area contributed by atoms with Crippen LogP contribution in [-0.4, -0.2) is 16.7 Å². The molecule has 0 spiro atoms. The molecule has 4 heteroatoms. The highest BCUT2D eigenvalue weighted by molar-refractivity contribution is 6.09. The van der Waals surface area contributed by atoms with Gasteiger partial charge in [0.05, 0.1) is 6.21 Å². The lowest BCUT2D eigenvalue weighted by Crippen LogP contribution is -2.20. The van der Waals surface area contributed by atoms with Gasteiger partial charge in [0.2, 0.25) is 5.91 Å². The minimum atomic E-state index is -0.00114. The highest BCUT2D eigenvalue weighted by atomic mass is 16.2. The molecule has 1 aromatic heterocycles. The predicted octanol–water partition coefficient (Wildman–Crippen LogP) is 5.07. The molecule has 1 aliphatic rings. The number of carbonyl (C=O) groups is 1. The van der Waals surface area contributed by atoms with Gasteiger partial charge in [-0.1, -0.05) is 54.6 Å². The first kappa shape index (κ1) is 17.7. The van der Waals surface area contributed by atoms with Gasteiger partial charge in [0.15, 0.2) is 0 Å². The van der Waals surface area contributed by atoms with Crippen LogP contribution in [0.3, 0.4) is 0 Å². The average molecular weight is 381 g/mol. The summed E-state index contributed by atoms with van der Waals surface area (Å²) < 4.78 is 2.32. The molecular weight excluding hydrogens is 358 g/mol. The van der Waals surface area contributed by atoms with Gasteiger partial charge >= 0.3 is 0 Å². The smallest absolute Gasteiger partial charge is 0.243 e. The van der Waals surface area contributed by atoms with Crippen LogP contribution in [0.1, 0.15) is 30.4 Å². The van der Waals surface area contributed by atoms with Crippen molar-refractivity contribution in [3.8, 4) is 0 Å². The zero-order valence-corrected chi connectivity index (χ0v) is 16.4. The average Bonchev–Trinajstić information content (AvgIpc) is 3.51. The monoisotopic (exact) mass is 381 g/mol. The van der Waals surface area contributed by atoms with E-state index in [-0.39, 0.29) is 11.8 Å². The Morgan fingerprint density at radius 1 is 1.03 bits per heavy atom. The lowest BCUT2D eigenvalue weighted by atomic mass is 10.1. The van der Waals surface area contributed by atoms with Gasteiger partial charge in [-0.05, 0) is 48.6 Å². The van der Waals surface area contributed by atoms with Crippen LogP contribution < -0.4 is 5.43 Å². The van der Waals surface area contributed by atoms with Crippen molar-refractivity contribution in [2.45, 2.75) is 25.8 Å². The highest BCUT2D eigenvalue weighted by Gasteiger charge is 2.43. The van der Waals surface area contributed by atoms with Crippen molar-refractivity contribution in [3.63, 3.8) is 0 Å². The maximum atomic E-state index is 12.4. The number of carbonyl (C=O) groups excluding carboxylic acids is 1. The summed E-state index contributed by atoms with van der Waals surface area (Å²) in [5.74, 6) is 0.348. The number of hydrogen-bond acceptors (Lipinski definition) is 2. The standard InChI is InChI=1S/C25H23N3O/c1-2-28-23-11-7-6-10-19(23)21-14-17(12-13-24(21)28)16-26-27-25(29)22-15-20(22)18-8-4-3-5-9-18/h3-14,16,20,22H,2,15H2,1H3,(H,27,29)/t20-,22+/m1/s1. The minimum absolute atomic E-state index is 0.00114. The predicted molar refractivity (Wildman–Crippen MR) is 118 cm³/mol. The Labute approximate surface area is 169 Å². The van der Waals surface area contributed by atoms with Gasteiger partial charge in [-0.2, -0.15) is 5.10 Å². The molecule has 0 aliphatic heterocycles. The lowest BCUT2D eigenvalue weighted by molar-refractivity contribution is -0.122. The van der Waals surface area contributed by atoms with E-state index >= 15 is 0 Å². The molecule has 1 amide bonds. The number of nitrogens with zero attached hydrogens (tertiary/aromatic N) is 2. The zero-order valence-electron chi connectivity index (χ0n) is 16.4. The number of hydrazone groups is 1. The Hall–Kier alpha value is -3.40. The van der Waals surface area contributed by atoms with E-state index in [2.05, 4.69) is 70.5 Å². The maximum Gasteiger partial charge on any atom is 0.243 e. The molecule has 3 aromatic carbocycles. The summed E-state index contributed by atoms with van der Waals surface area (Å²) in [6.45, 7) is 3.09. The van der Waals surface area contributed by atoms with Crippen LogP contribution in [0.5, 0.6) is 0 Å². The molecule has 0 radical (unpaired) electrons. The molecular formula is C25H23N3O. The molecule has 2 atom stereocenters. The highest BCUT2D eigenvalue weighted by Crippen LogP contribution is 2.47. The van der Waals surface area contributed by atoms with E-state index in [1.807, 2.05) is 24.3 Å². The Balaban J connectivity index is 1.32. The summed E-state index contributed by atoms with van der Waals surface area (Å²) in [4.78, 5) is 12.4. The molecule has 1 aliphatic carbocycles. The van der Waals surface area contributed by atoms with Gasteiger partial charge in [-0.25, -0.2) is 5.43 Å². The topological polar surface area (TPSA) is 46.4 Å². The molecule has 0 saturated heterocycles. The number of aryl methyl sites for hydroxylation is 1. The second kappa shape index (κ2) is 7.21. The first-order chi connectivity index (χ1) is 14.3. The molecule has 5 rings (SSSR count). The van der Waals surface area contributed by atoms with Crippen LogP contribution in [0.15, 0.2) is 77.9 Å². The third-order valence-corrected chi connectivity index (χ3v) is 5.86. The van der Waals surface area contributed by atoms with Crippen molar-refractivity contribution in [1.82, 2.24) is 9.99 Å². The molecule has 29 heavy (non-hydrogen) atoms. The van der Waals surface area contributed by atoms with Crippen LogP contribution in [0, 0.1) is 5.92 Å². The quantitative estimate of drug-likeness (QED) is 0.381. The summed E-state index contributed by atoms with van der Waals surface area (Å²) >= 11 is 0. The van der Waals surface area contributed by atoms with E-state index in [0.717, 1.165) is 18.5 Å². The molecule has 1 saturated carbocycles. The van der Waals surface area contributed by atoms with E-state index in [4.69, 9.17) is 0 Å². The molecule has 4 nitrogen and oxygen atoms in total. The second-order valence-electron chi connectivity index (χ2n) is 7.63. The van der Waals surface area contributed by atoms with E-state index in [9.17, 15) is 4.79 Å². The fourth-order valence-corrected chi connectivity index (χ4v) is 4.30. The Morgan fingerprint density at radius 3 is 2.62 bits per heavy atom. The third-order valence-electron chi connectivity index (χ3n) is 5.86. The number of nitrogens with one attached hydrogen (secondary N) is 1. The third kappa shape index (κ3) is 3.21. The van der Waals surface area contributed by atoms with Gasteiger partial charge in [-0.15, -0.1) is 0 Å². The van der Waals surface area contributed by atoms with Gasteiger partial charge in [0, 0.05) is 34.3 Å². The molecule has 1 heterocycles. The van der Waals surface area contributed by atoms with Crippen LogP contribution in [0.4, 0.5) is 0 Å². The minimum Gasteiger partial charge on any atom is -0.341 e. The number of aromatic nitrogens is 1. The Bertz CT molecular complexity index is 1220. The largest absolute Gasteiger partial charge is 0.341 e. The van der Waals surface area contributed by atoms with Gasteiger partial charge in [0.1, 0.15) is 0 Å². The summed E-state index contributed by atoms with van der Waals surface area (Å²) in [6.07, 6.45) is 2.63. The summed E-state index contributed by atoms with van der Waals surface area (Å²) in [7, 11) is 0. The Kier molecular flexibility index (Phi) is 4.39. The lowest BCUT2D eigenvalue weighted by Gasteiger charge is -2.03. The van der Waals surface area contributed by atoms with Crippen LogP contribution >= 0.6 is 0 Å². The normalized spacial score (nSPS) is 18.5. The molecule has 1 fully saturated rings. The SMILES string of the molecule is CCn1c2ccccc2c2cc(C=NNC(=O)[C@H]3C[C@@H]3c3ccccc3)ccc21. The van der Waals surface area contributed by atoms with Crippen LogP contribution in [-0.2, 0) is 11.3 Å². The second-order valence-corrected chi connectivity index (χ2v) is 7.63. The van der Waals surface area contributed by atoms with E-state index in [1.54, 1.807) is 6.21 Å². The number of para-hydroxylation sites is 1. The van der Waals surface area contributed by atoms with E-state index in [0.29, 0.717) is 5.92 Å². The van der Waals surface area contributed by atoms with Crippen molar-refractivity contribution >= 4 is 33.9 Å². The number of amides is 1. The molecule has 0 bridgehead atoms. The molecule has 144 valence electrons. The maximum absolute atomic E-state index is 12.4. The number of rotatable bonds is 5. The van der Waals surface area contributed by atoms with Crippen LogP contribution in [0.2, 0.25) is 0 Å². The van der Waals surface area contributed by atoms with Crippen molar-refractivity contribution in [2.75, 3.05) is 0 Å². The summed E-state index contributed by atoms with van der Waals surface area (Å²) in [5.41, 5.74) is 7.39. The van der Waals surface area contributed by atoms with Gasteiger partial charge in [0.25, 0.3) is 0 Å². The fraction of sp³-hybridized carbons (Fsp3) is 0.200. The van der Waals surface area contributed by atoms with Gasteiger partial charge in [-0.3, -0.25) is 4.79 Å². The first-order valence-corrected chi connectivity index (χ1v) is 10.1. The molecule has 0 unspecified atom stereocenters. The zero-order chi connectivity index (χ0) is 19.8. The van der Waals surface area contributed by atoms with Crippen molar-refractivity contribution in [1.29, 1.82) is 0 Å². The summed E-state index contributed by atoms with van der Waals surface area (Å²) in [6, 6.07) is 25.0. The van der Waals surface area contributed by atoms with Crippen molar-refractivity contribution in [3.05, 3.63) is 83.9 Å². The molecule has 1 N–H and O–H groups in total. The Morgan fingerprint density at radius 2 is 1.79 bits per heavy atom. The van der Waals surface area contributed by atoms with E-state index in [1.165, 1.54) is 27.4 Å². The number of fused-ring (bicyclic) bond motifs is 3. The fourth-order valence-electron chi connectivity index (χ4n) is 4.30. The van der Waals surface area contributed by atoms with Crippen molar-refractivity contribution in [2.24, 2.45) is 11.0 Å². The number of benzene rings is 3. The van der Waals surface area contributed by atoms with Gasteiger partial charge < -0.3 is 4.57 Å². The molecule has 4 aromatic rings. The van der Waals surface area contributed by atoms with Crippen LogP contribution in [0.25, 0.3) is 21.8 Å². The van der Waals surface area contributed by atoms with E-state index < -0.39 is 0 Å². The number of hydrogen-bond donors (Lipinski definition) is 1.